The standard InChI is InChI=1S/C33H35N3O3S/c1-35-22-25(21-31(35)37)33(38)34-26-12-10-24(11-13-26)32-29(28-6-2-3-7-30(28)40-32)20-23-8-14-27(15-9-23)39-19-18-36-16-4-5-17-36/h2-3,6-15,25H,4-5,16-22H2,1H3,(H,34,38). The molecule has 2 saturated heterocycles. The molecule has 0 saturated carbocycles. The molecule has 3 heterocycles. The van der Waals surface area contributed by atoms with E-state index in [1.165, 1.54) is 52.0 Å². The maximum absolute atomic E-state index is 12.7. The Kier molecular flexibility index (Phi) is 7.84. The lowest BCUT2D eigenvalue weighted by Crippen LogP contribution is -2.25. The SMILES string of the molecule is CN1CC(C(=O)Nc2ccc(-c3sc4ccccc4c3Cc3ccc(OCCN4CCCC4)cc3)cc2)CC1=O. The van der Waals surface area contributed by atoms with E-state index in [9.17, 15) is 9.59 Å². The molecule has 2 amide bonds. The number of hydrogen-bond acceptors (Lipinski definition) is 5. The van der Waals surface area contributed by atoms with Crippen LogP contribution in [-0.2, 0) is 16.0 Å². The van der Waals surface area contributed by atoms with Crippen LogP contribution < -0.4 is 10.1 Å². The number of amides is 2. The molecular formula is C33H35N3O3S. The first kappa shape index (κ1) is 26.5. The average molecular weight is 554 g/mol. The highest BCUT2D eigenvalue weighted by Gasteiger charge is 2.32. The van der Waals surface area contributed by atoms with Crippen LogP contribution in [0.3, 0.4) is 0 Å². The number of hydrogen-bond donors (Lipinski definition) is 1. The van der Waals surface area contributed by atoms with Crippen molar-refractivity contribution in [2.75, 3.05) is 45.2 Å². The second-order valence-electron chi connectivity index (χ2n) is 10.9. The lowest BCUT2D eigenvalue weighted by molar-refractivity contribution is -0.127. The molecule has 40 heavy (non-hydrogen) atoms. The quantitative estimate of drug-likeness (QED) is 0.274. The second kappa shape index (κ2) is 11.8. The summed E-state index contributed by atoms with van der Waals surface area (Å²) in [6.07, 6.45) is 3.71. The van der Waals surface area contributed by atoms with E-state index in [0.29, 0.717) is 6.54 Å². The van der Waals surface area contributed by atoms with Gasteiger partial charge >= 0.3 is 0 Å². The van der Waals surface area contributed by atoms with E-state index in [2.05, 4.69) is 70.9 Å². The van der Waals surface area contributed by atoms with Crippen LogP contribution in [0.25, 0.3) is 20.5 Å². The highest BCUT2D eigenvalue weighted by molar-refractivity contribution is 7.22. The Morgan fingerprint density at radius 2 is 1.75 bits per heavy atom. The van der Waals surface area contributed by atoms with Gasteiger partial charge in [0.05, 0.1) is 5.92 Å². The molecular weight excluding hydrogens is 518 g/mol. The van der Waals surface area contributed by atoms with Crippen LogP contribution in [-0.4, -0.2) is 61.4 Å². The first-order valence-electron chi connectivity index (χ1n) is 14.1. The van der Waals surface area contributed by atoms with Gasteiger partial charge in [-0.3, -0.25) is 14.5 Å². The lowest BCUT2D eigenvalue weighted by Gasteiger charge is -2.15. The fourth-order valence-electron chi connectivity index (χ4n) is 5.70. The van der Waals surface area contributed by atoms with Crippen LogP contribution in [0.15, 0.2) is 72.8 Å². The number of carbonyl (C=O) groups is 2. The van der Waals surface area contributed by atoms with Crippen LogP contribution in [0, 0.1) is 5.92 Å². The van der Waals surface area contributed by atoms with Gasteiger partial charge in [-0.1, -0.05) is 42.5 Å². The van der Waals surface area contributed by atoms with Gasteiger partial charge in [0.25, 0.3) is 0 Å². The second-order valence-corrected chi connectivity index (χ2v) is 11.9. The average Bonchev–Trinajstić information content (AvgIpc) is 3.70. The van der Waals surface area contributed by atoms with Gasteiger partial charge in [0.15, 0.2) is 0 Å². The van der Waals surface area contributed by atoms with Crippen molar-refractivity contribution in [2.45, 2.75) is 25.7 Å². The monoisotopic (exact) mass is 553 g/mol. The predicted molar refractivity (Wildman–Crippen MR) is 162 cm³/mol. The molecule has 0 aliphatic carbocycles. The number of carbonyl (C=O) groups excluding carboxylic acids is 2. The van der Waals surface area contributed by atoms with Crippen molar-refractivity contribution in [3.8, 4) is 16.2 Å². The fourth-order valence-corrected chi connectivity index (χ4v) is 6.93. The van der Waals surface area contributed by atoms with Crippen molar-refractivity contribution in [3.63, 3.8) is 0 Å². The van der Waals surface area contributed by atoms with Crippen LogP contribution in [0.1, 0.15) is 30.4 Å². The number of likely N-dealkylation sites (tertiary alicyclic amines) is 2. The van der Waals surface area contributed by atoms with E-state index >= 15 is 0 Å². The maximum atomic E-state index is 12.7. The van der Waals surface area contributed by atoms with Crippen molar-refractivity contribution in [1.82, 2.24) is 9.80 Å². The molecule has 1 aromatic heterocycles. The zero-order chi connectivity index (χ0) is 27.5. The summed E-state index contributed by atoms with van der Waals surface area (Å²) in [5.74, 6) is 0.543. The van der Waals surface area contributed by atoms with Gasteiger partial charge in [0.1, 0.15) is 12.4 Å². The molecule has 206 valence electrons. The van der Waals surface area contributed by atoms with Gasteiger partial charge in [-0.2, -0.15) is 0 Å². The molecule has 0 radical (unpaired) electrons. The molecule has 2 aliphatic rings. The highest BCUT2D eigenvalue weighted by Crippen LogP contribution is 2.40. The first-order chi connectivity index (χ1) is 19.5. The molecule has 7 heteroatoms. The minimum Gasteiger partial charge on any atom is -0.492 e. The molecule has 2 fully saturated rings. The summed E-state index contributed by atoms with van der Waals surface area (Å²) >= 11 is 1.80. The maximum Gasteiger partial charge on any atom is 0.229 e. The summed E-state index contributed by atoms with van der Waals surface area (Å²) in [7, 11) is 1.74. The molecule has 3 aromatic carbocycles. The molecule has 1 unspecified atom stereocenters. The fraction of sp³-hybridized carbons (Fsp3) is 0.333. The van der Waals surface area contributed by atoms with E-state index in [4.69, 9.17) is 4.74 Å². The predicted octanol–water partition coefficient (Wildman–Crippen LogP) is 6.05. The summed E-state index contributed by atoms with van der Waals surface area (Å²) in [6.45, 7) is 4.57. The van der Waals surface area contributed by atoms with Crippen molar-refractivity contribution in [1.29, 1.82) is 0 Å². The van der Waals surface area contributed by atoms with Crippen molar-refractivity contribution < 1.29 is 14.3 Å². The topological polar surface area (TPSA) is 61.9 Å². The Bertz CT molecular complexity index is 1490. The summed E-state index contributed by atoms with van der Waals surface area (Å²) in [5, 5.41) is 4.27. The van der Waals surface area contributed by atoms with Crippen LogP contribution in [0.2, 0.25) is 0 Å². The number of rotatable bonds is 9. The zero-order valence-corrected chi connectivity index (χ0v) is 23.7. The van der Waals surface area contributed by atoms with Gasteiger partial charge in [-0.15, -0.1) is 11.3 Å². The minimum atomic E-state index is -0.298. The normalized spacial score (nSPS) is 17.6. The Hall–Kier alpha value is -3.68. The third-order valence-electron chi connectivity index (χ3n) is 8.00. The largest absolute Gasteiger partial charge is 0.492 e. The molecule has 1 atom stereocenters. The number of ether oxygens (including phenoxy) is 1. The van der Waals surface area contributed by atoms with Gasteiger partial charge in [0.2, 0.25) is 11.8 Å². The van der Waals surface area contributed by atoms with E-state index in [0.717, 1.165) is 36.6 Å². The first-order valence-corrected chi connectivity index (χ1v) is 14.9. The number of fused-ring (bicyclic) bond motifs is 1. The van der Waals surface area contributed by atoms with E-state index < -0.39 is 0 Å². The van der Waals surface area contributed by atoms with Gasteiger partial charge < -0.3 is 15.0 Å². The van der Waals surface area contributed by atoms with Crippen LogP contribution in [0.4, 0.5) is 5.69 Å². The van der Waals surface area contributed by atoms with Gasteiger partial charge in [-0.05, 0) is 84.8 Å². The molecule has 0 spiro atoms. The number of nitrogens with one attached hydrogen (secondary N) is 1. The number of thiophene rings is 1. The Morgan fingerprint density at radius 3 is 2.48 bits per heavy atom. The molecule has 6 rings (SSSR count). The number of nitrogens with zero attached hydrogens (tertiary/aromatic N) is 2. The Balaban J connectivity index is 1.16. The smallest absolute Gasteiger partial charge is 0.229 e. The summed E-state index contributed by atoms with van der Waals surface area (Å²) in [5.41, 5.74) is 4.44. The van der Waals surface area contributed by atoms with E-state index in [1.54, 1.807) is 23.3 Å². The van der Waals surface area contributed by atoms with Crippen LogP contribution in [0.5, 0.6) is 5.75 Å². The minimum absolute atomic E-state index is 0.0208. The molecule has 2 aliphatic heterocycles. The Labute approximate surface area is 239 Å². The lowest BCUT2D eigenvalue weighted by atomic mass is 9.99. The van der Waals surface area contributed by atoms with E-state index in [-0.39, 0.29) is 24.2 Å². The zero-order valence-electron chi connectivity index (χ0n) is 22.9. The molecule has 0 bridgehead atoms. The third-order valence-corrected chi connectivity index (χ3v) is 9.27. The van der Waals surface area contributed by atoms with Crippen molar-refractivity contribution in [2.24, 2.45) is 5.92 Å². The Morgan fingerprint density at radius 1 is 1.00 bits per heavy atom. The summed E-state index contributed by atoms with van der Waals surface area (Å²) in [4.78, 5) is 29.8. The van der Waals surface area contributed by atoms with Crippen LogP contribution >= 0.6 is 11.3 Å². The van der Waals surface area contributed by atoms with Crippen molar-refractivity contribution >= 4 is 38.9 Å². The number of benzene rings is 3. The van der Waals surface area contributed by atoms with Gasteiger partial charge in [-0.25, -0.2) is 0 Å². The third kappa shape index (κ3) is 5.91. The van der Waals surface area contributed by atoms with Crippen molar-refractivity contribution in [3.05, 3.63) is 83.9 Å². The van der Waals surface area contributed by atoms with E-state index in [1.807, 2.05) is 12.1 Å². The summed E-state index contributed by atoms with van der Waals surface area (Å²) < 4.78 is 7.28. The molecule has 1 N–H and O–H groups in total. The summed E-state index contributed by atoms with van der Waals surface area (Å²) in [6, 6.07) is 25.1. The highest BCUT2D eigenvalue weighted by atomic mass is 32.1. The number of anilines is 1. The van der Waals surface area contributed by atoms with Gasteiger partial charge in [0, 0.05) is 41.8 Å². The molecule has 6 nitrogen and oxygen atoms in total. The molecule has 4 aromatic rings.